The molecule has 0 aromatic carbocycles. The molecule has 0 saturated carbocycles. The molecule has 0 saturated heterocycles. The number of rotatable bonds is 4. The van der Waals surface area contributed by atoms with Crippen LogP contribution < -0.4 is 5.73 Å². The highest BCUT2D eigenvalue weighted by molar-refractivity contribution is 5.81. The van der Waals surface area contributed by atoms with Crippen molar-refractivity contribution in [2.45, 2.75) is 12.8 Å². The summed E-state index contributed by atoms with van der Waals surface area (Å²) in [5.74, 6) is 0.847. The molecule has 4 heteroatoms. The van der Waals surface area contributed by atoms with Gasteiger partial charge in [-0.25, -0.2) is 0 Å². The monoisotopic (exact) mass is 253 g/mol. The predicted octanol–water partition coefficient (Wildman–Crippen LogP) is 2.78. The summed E-state index contributed by atoms with van der Waals surface area (Å²) >= 11 is 0. The zero-order valence-electron chi connectivity index (χ0n) is 10.5. The number of nitrogens with zero attached hydrogens (tertiary/aromatic N) is 2. The van der Waals surface area contributed by atoms with Gasteiger partial charge >= 0.3 is 0 Å². The molecule has 96 valence electrons. The van der Waals surface area contributed by atoms with E-state index in [1.807, 2.05) is 24.4 Å². The van der Waals surface area contributed by atoms with Gasteiger partial charge in [0.2, 0.25) is 0 Å². The number of nitrogens with two attached hydrogens (primary N) is 1. The lowest BCUT2D eigenvalue weighted by Gasteiger charge is -2.01. The van der Waals surface area contributed by atoms with Crippen LogP contribution in [0.25, 0.3) is 22.3 Å². The van der Waals surface area contributed by atoms with E-state index in [4.69, 9.17) is 10.2 Å². The number of hydrogen-bond donors (Lipinski definition) is 1. The van der Waals surface area contributed by atoms with E-state index in [0.717, 1.165) is 40.8 Å². The SMILES string of the molecule is NCCCc1cc(-c2cc3cnccc3o2)ccn1. The molecule has 2 N–H and O–H groups in total. The summed E-state index contributed by atoms with van der Waals surface area (Å²) in [6.07, 6.45) is 7.19. The largest absolute Gasteiger partial charge is 0.456 e. The summed E-state index contributed by atoms with van der Waals surface area (Å²) in [5.41, 5.74) is 8.46. The van der Waals surface area contributed by atoms with Crippen LogP contribution in [0, 0.1) is 0 Å². The van der Waals surface area contributed by atoms with Crippen LogP contribution in [0.1, 0.15) is 12.1 Å². The number of fused-ring (bicyclic) bond motifs is 1. The van der Waals surface area contributed by atoms with Crippen LogP contribution in [0.3, 0.4) is 0 Å². The van der Waals surface area contributed by atoms with Crippen molar-refractivity contribution in [3.8, 4) is 11.3 Å². The van der Waals surface area contributed by atoms with Crippen molar-refractivity contribution in [1.29, 1.82) is 0 Å². The molecule has 0 atom stereocenters. The first-order chi connectivity index (χ1) is 9.36. The van der Waals surface area contributed by atoms with Gasteiger partial charge in [0.1, 0.15) is 11.3 Å². The molecule has 3 aromatic heterocycles. The van der Waals surface area contributed by atoms with Crippen LogP contribution >= 0.6 is 0 Å². The minimum absolute atomic E-state index is 0.683. The standard InChI is InChI=1S/C15H15N3O/c16-5-1-2-13-8-11(3-7-18-13)15-9-12-10-17-6-4-14(12)19-15/h3-4,6-10H,1-2,5,16H2. The Labute approximate surface area is 111 Å². The molecular formula is C15H15N3O. The first kappa shape index (κ1) is 11.9. The minimum atomic E-state index is 0.683. The number of aromatic nitrogens is 2. The van der Waals surface area contributed by atoms with Crippen molar-refractivity contribution >= 4 is 11.0 Å². The maximum atomic E-state index is 5.82. The Hall–Kier alpha value is -2.20. The second-order valence-electron chi connectivity index (χ2n) is 4.45. The van der Waals surface area contributed by atoms with Gasteiger partial charge in [-0.1, -0.05) is 0 Å². The van der Waals surface area contributed by atoms with Crippen LogP contribution in [0.5, 0.6) is 0 Å². The summed E-state index contributed by atoms with van der Waals surface area (Å²) < 4.78 is 5.82. The first-order valence-electron chi connectivity index (χ1n) is 6.36. The molecule has 0 aliphatic carbocycles. The van der Waals surface area contributed by atoms with Crippen molar-refractivity contribution in [2.24, 2.45) is 5.73 Å². The number of pyridine rings is 2. The molecule has 3 aromatic rings. The molecule has 0 radical (unpaired) electrons. The summed E-state index contributed by atoms with van der Waals surface area (Å²) in [5, 5.41) is 1.01. The minimum Gasteiger partial charge on any atom is -0.456 e. The molecule has 0 unspecified atom stereocenters. The third kappa shape index (κ3) is 2.48. The fraction of sp³-hybridized carbons (Fsp3) is 0.200. The summed E-state index contributed by atoms with van der Waals surface area (Å²) in [7, 11) is 0. The molecule has 0 bridgehead atoms. The molecule has 0 aliphatic rings. The van der Waals surface area contributed by atoms with Gasteiger partial charge in [-0.3, -0.25) is 9.97 Å². The Morgan fingerprint density at radius 3 is 2.95 bits per heavy atom. The third-order valence-corrected chi connectivity index (χ3v) is 3.05. The van der Waals surface area contributed by atoms with Crippen molar-refractivity contribution < 1.29 is 4.42 Å². The fourth-order valence-electron chi connectivity index (χ4n) is 2.08. The Balaban J connectivity index is 1.96. The molecule has 0 amide bonds. The fourth-order valence-corrected chi connectivity index (χ4v) is 2.08. The summed E-state index contributed by atoms with van der Waals surface area (Å²) in [6, 6.07) is 7.89. The van der Waals surface area contributed by atoms with Gasteiger partial charge in [0.25, 0.3) is 0 Å². The van der Waals surface area contributed by atoms with Gasteiger partial charge in [-0.05, 0) is 43.7 Å². The molecular weight excluding hydrogens is 238 g/mol. The lowest BCUT2D eigenvalue weighted by molar-refractivity contribution is 0.631. The van der Waals surface area contributed by atoms with E-state index in [-0.39, 0.29) is 0 Å². The maximum Gasteiger partial charge on any atom is 0.137 e. The van der Waals surface area contributed by atoms with E-state index in [2.05, 4.69) is 16.0 Å². The van der Waals surface area contributed by atoms with E-state index in [0.29, 0.717) is 6.54 Å². The highest BCUT2D eigenvalue weighted by atomic mass is 16.3. The van der Waals surface area contributed by atoms with E-state index < -0.39 is 0 Å². The molecule has 4 nitrogen and oxygen atoms in total. The Kier molecular flexibility index (Phi) is 3.25. The summed E-state index contributed by atoms with van der Waals surface area (Å²) in [6.45, 7) is 0.683. The highest BCUT2D eigenvalue weighted by Crippen LogP contribution is 2.27. The molecule has 19 heavy (non-hydrogen) atoms. The van der Waals surface area contributed by atoms with E-state index in [1.54, 1.807) is 12.4 Å². The smallest absolute Gasteiger partial charge is 0.137 e. The maximum absolute atomic E-state index is 5.82. The van der Waals surface area contributed by atoms with Crippen LogP contribution in [0.15, 0.2) is 47.3 Å². The van der Waals surface area contributed by atoms with Gasteiger partial charge in [0, 0.05) is 35.2 Å². The second-order valence-corrected chi connectivity index (χ2v) is 4.45. The molecule has 0 spiro atoms. The predicted molar refractivity (Wildman–Crippen MR) is 74.6 cm³/mol. The Morgan fingerprint density at radius 2 is 2.11 bits per heavy atom. The average Bonchev–Trinajstić information content (AvgIpc) is 2.89. The van der Waals surface area contributed by atoms with Gasteiger partial charge < -0.3 is 10.2 Å². The Morgan fingerprint density at radius 1 is 1.16 bits per heavy atom. The zero-order chi connectivity index (χ0) is 13.1. The van der Waals surface area contributed by atoms with Crippen LogP contribution in [0.2, 0.25) is 0 Å². The highest BCUT2D eigenvalue weighted by Gasteiger charge is 2.07. The third-order valence-electron chi connectivity index (χ3n) is 3.05. The van der Waals surface area contributed by atoms with E-state index in [9.17, 15) is 0 Å². The normalized spacial score (nSPS) is 11.0. The van der Waals surface area contributed by atoms with Crippen LogP contribution in [-0.2, 0) is 6.42 Å². The molecule has 3 rings (SSSR count). The molecule has 0 fully saturated rings. The lowest BCUT2D eigenvalue weighted by atomic mass is 10.1. The zero-order valence-corrected chi connectivity index (χ0v) is 10.5. The summed E-state index contributed by atoms with van der Waals surface area (Å²) in [4.78, 5) is 8.44. The quantitative estimate of drug-likeness (QED) is 0.776. The Bertz CT molecular complexity index is 657. The van der Waals surface area contributed by atoms with Crippen molar-refractivity contribution in [3.05, 3.63) is 48.5 Å². The average molecular weight is 253 g/mol. The van der Waals surface area contributed by atoms with Gasteiger partial charge in [-0.2, -0.15) is 0 Å². The second kappa shape index (κ2) is 5.20. The lowest BCUT2D eigenvalue weighted by Crippen LogP contribution is -2.01. The molecule has 0 aliphatic heterocycles. The van der Waals surface area contributed by atoms with E-state index in [1.165, 1.54) is 0 Å². The first-order valence-corrected chi connectivity index (χ1v) is 6.36. The van der Waals surface area contributed by atoms with Crippen molar-refractivity contribution in [2.75, 3.05) is 6.54 Å². The number of furan rings is 1. The van der Waals surface area contributed by atoms with Crippen LogP contribution in [0.4, 0.5) is 0 Å². The van der Waals surface area contributed by atoms with Gasteiger partial charge in [0.05, 0.1) is 0 Å². The topological polar surface area (TPSA) is 64.9 Å². The van der Waals surface area contributed by atoms with Crippen molar-refractivity contribution in [1.82, 2.24) is 9.97 Å². The molecule has 3 heterocycles. The van der Waals surface area contributed by atoms with Crippen molar-refractivity contribution in [3.63, 3.8) is 0 Å². The van der Waals surface area contributed by atoms with Crippen LogP contribution in [-0.4, -0.2) is 16.5 Å². The number of aryl methyl sites for hydroxylation is 1. The van der Waals surface area contributed by atoms with Gasteiger partial charge in [0.15, 0.2) is 0 Å². The van der Waals surface area contributed by atoms with Gasteiger partial charge in [-0.15, -0.1) is 0 Å². The number of hydrogen-bond acceptors (Lipinski definition) is 4. The van der Waals surface area contributed by atoms with E-state index >= 15 is 0 Å².